The van der Waals surface area contributed by atoms with E-state index >= 15 is 0 Å². The van der Waals surface area contributed by atoms with Crippen molar-refractivity contribution in [2.24, 2.45) is 0 Å². The summed E-state index contributed by atoms with van der Waals surface area (Å²) in [5.41, 5.74) is 2.13. The Morgan fingerprint density at radius 2 is 1.84 bits per heavy atom. The van der Waals surface area contributed by atoms with Gasteiger partial charge >= 0.3 is 0 Å². The van der Waals surface area contributed by atoms with Crippen LogP contribution in [0.3, 0.4) is 0 Å². The smallest absolute Gasteiger partial charge is 0.254 e. The van der Waals surface area contributed by atoms with E-state index in [-0.39, 0.29) is 11.8 Å². The Kier molecular flexibility index (Phi) is 6.34. The number of carbonyl (C=O) groups excluding carboxylic acids is 2. The fourth-order valence-corrected chi connectivity index (χ4v) is 2.50. The highest BCUT2D eigenvalue weighted by molar-refractivity contribution is 5.95. The molecule has 2 amide bonds. The maximum Gasteiger partial charge on any atom is 0.254 e. The van der Waals surface area contributed by atoms with Crippen molar-refractivity contribution in [3.8, 4) is 5.75 Å². The normalized spacial score (nSPS) is 10.0. The second-order valence-corrected chi connectivity index (χ2v) is 5.54. The topological polar surface area (TPSA) is 58.6 Å². The van der Waals surface area contributed by atoms with Gasteiger partial charge in [0.2, 0.25) is 5.91 Å². The van der Waals surface area contributed by atoms with Gasteiger partial charge in [0.25, 0.3) is 5.91 Å². The molecule has 0 aliphatic carbocycles. The molecule has 0 aliphatic heterocycles. The van der Waals surface area contributed by atoms with Crippen molar-refractivity contribution < 1.29 is 14.3 Å². The van der Waals surface area contributed by atoms with Crippen LogP contribution in [0.25, 0.3) is 0 Å². The van der Waals surface area contributed by atoms with E-state index in [1.165, 1.54) is 6.92 Å². The molecular formula is C20H22N2O3. The van der Waals surface area contributed by atoms with E-state index in [9.17, 15) is 9.59 Å². The summed E-state index contributed by atoms with van der Waals surface area (Å²) in [5.74, 6) is 0.481. The summed E-state index contributed by atoms with van der Waals surface area (Å²) in [4.78, 5) is 25.6. The minimum absolute atomic E-state index is 0.111. The molecule has 0 saturated heterocycles. The molecule has 5 heteroatoms. The average molecular weight is 338 g/mol. The Labute approximate surface area is 147 Å². The number of methoxy groups -OCH3 is 1. The molecule has 0 aromatic heterocycles. The number of para-hydroxylation sites is 1. The van der Waals surface area contributed by atoms with Gasteiger partial charge in [0, 0.05) is 36.8 Å². The zero-order valence-electron chi connectivity index (χ0n) is 14.5. The highest BCUT2D eigenvalue weighted by Crippen LogP contribution is 2.21. The van der Waals surface area contributed by atoms with E-state index in [4.69, 9.17) is 4.74 Å². The standard InChI is InChI=1S/C20H22N2O3/c1-4-13-22(14-17-7-5-6-8-19(17)25-3)20(24)16-9-11-18(12-10-16)21-15(2)23/h4-12H,1,13-14H2,2-3H3,(H,21,23). The molecule has 1 N–H and O–H groups in total. The molecule has 2 aromatic rings. The minimum atomic E-state index is -0.150. The number of hydrogen-bond donors (Lipinski definition) is 1. The van der Waals surface area contributed by atoms with Gasteiger partial charge in [-0.05, 0) is 30.3 Å². The number of benzene rings is 2. The second kappa shape index (κ2) is 8.68. The summed E-state index contributed by atoms with van der Waals surface area (Å²) in [5, 5.41) is 2.68. The molecular weight excluding hydrogens is 316 g/mol. The summed E-state index contributed by atoms with van der Waals surface area (Å²) < 4.78 is 5.36. The van der Waals surface area contributed by atoms with Crippen LogP contribution in [0.4, 0.5) is 5.69 Å². The fourth-order valence-electron chi connectivity index (χ4n) is 2.50. The van der Waals surface area contributed by atoms with Crippen molar-refractivity contribution in [1.29, 1.82) is 0 Å². The number of hydrogen-bond acceptors (Lipinski definition) is 3. The minimum Gasteiger partial charge on any atom is -0.496 e. The molecule has 0 bridgehead atoms. The van der Waals surface area contributed by atoms with Crippen LogP contribution < -0.4 is 10.1 Å². The van der Waals surface area contributed by atoms with Crippen LogP contribution in [0.5, 0.6) is 5.75 Å². The van der Waals surface area contributed by atoms with Crippen LogP contribution in [0.15, 0.2) is 61.2 Å². The molecule has 130 valence electrons. The highest BCUT2D eigenvalue weighted by Gasteiger charge is 2.16. The van der Waals surface area contributed by atoms with Crippen molar-refractivity contribution >= 4 is 17.5 Å². The van der Waals surface area contributed by atoms with E-state index in [0.717, 1.165) is 11.3 Å². The monoisotopic (exact) mass is 338 g/mol. The Balaban J connectivity index is 2.19. The van der Waals surface area contributed by atoms with Gasteiger partial charge in [-0.3, -0.25) is 9.59 Å². The first-order valence-electron chi connectivity index (χ1n) is 7.95. The second-order valence-electron chi connectivity index (χ2n) is 5.54. The predicted molar refractivity (Wildman–Crippen MR) is 98.7 cm³/mol. The number of carbonyl (C=O) groups is 2. The number of anilines is 1. The molecule has 0 saturated carbocycles. The Hall–Kier alpha value is -3.08. The van der Waals surface area contributed by atoms with Crippen molar-refractivity contribution in [2.75, 3.05) is 19.0 Å². The number of ether oxygens (including phenoxy) is 1. The van der Waals surface area contributed by atoms with E-state index in [2.05, 4.69) is 11.9 Å². The van der Waals surface area contributed by atoms with E-state index < -0.39 is 0 Å². The number of amides is 2. The average Bonchev–Trinajstić information content (AvgIpc) is 2.61. The van der Waals surface area contributed by atoms with E-state index in [1.807, 2.05) is 24.3 Å². The quantitative estimate of drug-likeness (QED) is 0.786. The molecule has 5 nitrogen and oxygen atoms in total. The lowest BCUT2D eigenvalue weighted by atomic mass is 10.1. The predicted octanol–water partition coefficient (Wildman–Crippen LogP) is 3.48. The fraction of sp³-hybridized carbons (Fsp3) is 0.200. The third-order valence-electron chi connectivity index (χ3n) is 3.64. The summed E-state index contributed by atoms with van der Waals surface area (Å²) in [6, 6.07) is 14.4. The third kappa shape index (κ3) is 4.94. The van der Waals surface area contributed by atoms with Crippen molar-refractivity contribution in [1.82, 2.24) is 4.90 Å². The Morgan fingerprint density at radius 1 is 1.16 bits per heavy atom. The molecule has 0 radical (unpaired) electrons. The van der Waals surface area contributed by atoms with Crippen LogP contribution in [-0.2, 0) is 11.3 Å². The third-order valence-corrected chi connectivity index (χ3v) is 3.64. The molecule has 0 spiro atoms. The molecule has 0 unspecified atom stereocenters. The van der Waals surface area contributed by atoms with Gasteiger partial charge in [0.05, 0.1) is 7.11 Å². The summed E-state index contributed by atoms with van der Waals surface area (Å²) >= 11 is 0. The van der Waals surface area contributed by atoms with E-state index in [1.54, 1.807) is 42.4 Å². The maximum atomic E-state index is 12.8. The van der Waals surface area contributed by atoms with Gasteiger partial charge < -0.3 is 15.0 Å². The lowest BCUT2D eigenvalue weighted by Crippen LogP contribution is -2.30. The molecule has 0 heterocycles. The zero-order valence-corrected chi connectivity index (χ0v) is 14.5. The molecule has 25 heavy (non-hydrogen) atoms. The van der Waals surface area contributed by atoms with Gasteiger partial charge in [0.15, 0.2) is 0 Å². The van der Waals surface area contributed by atoms with Crippen LogP contribution >= 0.6 is 0 Å². The van der Waals surface area contributed by atoms with Crippen LogP contribution in [0.1, 0.15) is 22.8 Å². The number of nitrogens with zero attached hydrogens (tertiary/aromatic N) is 1. The van der Waals surface area contributed by atoms with Crippen molar-refractivity contribution in [3.05, 3.63) is 72.3 Å². The number of nitrogens with one attached hydrogen (secondary N) is 1. The first-order valence-corrected chi connectivity index (χ1v) is 7.95. The highest BCUT2D eigenvalue weighted by atomic mass is 16.5. The first-order chi connectivity index (χ1) is 12.0. The molecule has 2 rings (SSSR count). The van der Waals surface area contributed by atoms with Gasteiger partial charge in [-0.2, -0.15) is 0 Å². The van der Waals surface area contributed by atoms with Gasteiger partial charge in [-0.25, -0.2) is 0 Å². The summed E-state index contributed by atoms with van der Waals surface area (Å²) in [7, 11) is 1.61. The lowest BCUT2D eigenvalue weighted by molar-refractivity contribution is -0.114. The van der Waals surface area contributed by atoms with E-state index in [0.29, 0.717) is 24.3 Å². The zero-order chi connectivity index (χ0) is 18.2. The Bertz CT molecular complexity index is 754. The lowest BCUT2D eigenvalue weighted by Gasteiger charge is -2.22. The molecule has 0 atom stereocenters. The molecule has 0 fully saturated rings. The molecule has 0 aliphatic rings. The van der Waals surface area contributed by atoms with Crippen LogP contribution in [0.2, 0.25) is 0 Å². The first kappa shape index (κ1) is 18.3. The van der Waals surface area contributed by atoms with Gasteiger partial charge in [-0.1, -0.05) is 24.3 Å². The maximum absolute atomic E-state index is 12.8. The largest absolute Gasteiger partial charge is 0.496 e. The SMILES string of the molecule is C=CCN(Cc1ccccc1OC)C(=O)c1ccc(NC(C)=O)cc1. The van der Waals surface area contributed by atoms with Gasteiger partial charge in [0.1, 0.15) is 5.75 Å². The van der Waals surface area contributed by atoms with Crippen LogP contribution in [-0.4, -0.2) is 30.4 Å². The van der Waals surface area contributed by atoms with Crippen molar-refractivity contribution in [3.63, 3.8) is 0 Å². The van der Waals surface area contributed by atoms with Gasteiger partial charge in [-0.15, -0.1) is 6.58 Å². The van der Waals surface area contributed by atoms with Crippen molar-refractivity contribution in [2.45, 2.75) is 13.5 Å². The summed E-state index contributed by atoms with van der Waals surface area (Å²) in [6.07, 6.45) is 1.69. The number of rotatable bonds is 7. The Morgan fingerprint density at radius 3 is 2.44 bits per heavy atom. The van der Waals surface area contributed by atoms with Crippen LogP contribution in [0, 0.1) is 0 Å². The summed E-state index contributed by atoms with van der Waals surface area (Å²) in [6.45, 7) is 6.02. The molecule has 2 aromatic carbocycles.